The minimum atomic E-state index is -3.98. The van der Waals surface area contributed by atoms with Crippen LogP contribution in [-0.4, -0.2) is 51.6 Å². The van der Waals surface area contributed by atoms with Crippen molar-refractivity contribution >= 4 is 39.2 Å². The van der Waals surface area contributed by atoms with E-state index >= 15 is 0 Å². The van der Waals surface area contributed by atoms with Gasteiger partial charge in [-0.15, -0.1) is 5.10 Å². The third-order valence-corrected chi connectivity index (χ3v) is 6.69. The Morgan fingerprint density at radius 1 is 1.09 bits per heavy atom. The standard InChI is InChI=1S/C22H19N5O5S/c1-26-21(22(30)17-9-5-6-10-19(17)33(26,31)32)18(28)12-11-16-13-27(25-24-16)14-20(29)23-15-7-3-2-4-8-15/h2-13,30H,14H2,1H3,(H,23,29)/b12-11+. The molecule has 0 unspecified atom stereocenters. The highest BCUT2D eigenvalue weighted by Crippen LogP contribution is 2.34. The molecule has 3 aromatic rings. The van der Waals surface area contributed by atoms with Gasteiger partial charge in [0.1, 0.15) is 17.9 Å². The van der Waals surface area contributed by atoms with Crippen LogP contribution in [0.5, 0.6) is 0 Å². The van der Waals surface area contributed by atoms with Crippen LogP contribution in [0.15, 0.2) is 77.5 Å². The maximum atomic E-state index is 12.7. The van der Waals surface area contributed by atoms with E-state index in [9.17, 15) is 23.1 Å². The second kappa shape index (κ2) is 8.71. The SMILES string of the molecule is CN1C(C(=O)/C=C/c2cn(CC(=O)Nc3ccccc3)nn2)=C(O)c2ccccc2S1(=O)=O. The zero-order valence-electron chi connectivity index (χ0n) is 17.4. The number of benzene rings is 2. The van der Waals surface area contributed by atoms with Crippen molar-refractivity contribution < 1.29 is 23.1 Å². The van der Waals surface area contributed by atoms with E-state index in [0.717, 1.165) is 10.4 Å². The fourth-order valence-electron chi connectivity index (χ4n) is 3.28. The number of amides is 1. The van der Waals surface area contributed by atoms with Crippen molar-refractivity contribution in [3.63, 3.8) is 0 Å². The normalized spacial score (nSPS) is 14.9. The lowest BCUT2D eigenvalue weighted by Gasteiger charge is -2.27. The number of aliphatic hydroxyl groups is 1. The monoisotopic (exact) mass is 465 g/mol. The first-order valence-electron chi connectivity index (χ1n) is 9.76. The molecule has 0 aliphatic carbocycles. The molecule has 2 heterocycles. The molecule has 2 aromatic carbocycles. The highest BCUT2D eigenvalue weighted by atomic mass is 32.2. The van der Waals surface area contributed by atoms with Gasteiger partial charge >= 0.3 is 0 Å². The van der Waals surface area contributed by atoms with Crippen LogP contribution in [0.1, 0.15) is 11.3 Å². The van der Waals surface area contributed by atoms with Crippen LogP contribution in [0.2, 0.25) is 0 Å². The van der Waals surface area contributed by atoms with Crippen LogP contribution in [-0.2, 0) is 26.2 Å². The first-order chi connectivity index (χ1) is 15.8. The van der Waals surface area contributed by atoms with Crippen LogP contribution in [0, 0.1) is 0 Å². The summed E-state index contributed by atoms with van der Waals surface area (Å²) in [6.07, 6.45) is 3.87. The molecule has 0 fully saturated rings. The van der Waals surface area contributed by atoms with Crippen molar-refractivity contribution in [1.82, 2.24) is 19.3 Å². The summed E-state index contributed by atoms with van der Waals surface area (Å²) in [4.78, 5) is 24.8. The molecule has 33 heavy (non-hydrogen) atoms. The molecule has 0 saturated heterocycles. The molecule has 1 aliphatic rings. The smallest absolute Gasteiger partial charge is 0.265 e. The summed E-state index contributed by atoms with van der Waals surface area (Å²) in [5, 5.41) is 21.0. The number of aliphatic hydroxyl groups excluding tert-OH is 1. The van der Waals surface area contributed by atoms with E-state index in [2.05, 4.69) is 15.6 Å². The fraction of sp³-hybridized carbons (Fsp3) is 0.0909. The molecule has 2 N–H and O–H groups in total. The minimum Gasteiger partial charge on any atom is -0.505 e. The van der Waals surface area contributed by atoms with Crippen LogP contribution >= 0.6 is 0 Å². The minimum absolute atomic E-state index is 0.0581. The van der Waals surface area contributed by atoms with Crippen LogP contribution < -0.4 is 5.32 Å². The summed E-state index contributed by atoms with van der Waals surface area (Å²) in [6, 6.07) is 14.8. The van der Waals surface area contributed by atoms with Crippen molar-refractivity contribution in [2.45, 2.75) is 11.4 Å². The molecule has 0 spiro atoms. The summed E-state index contributed by atoms with van der Waals surface area (Å²) in [5.74, 6) is -1.47. The molecule has 11 heteroatoms. The summed E-state index contributed by atoms with van der Waals surface area (Å²) < 4.78 is 27.5. The van der Waals surface area contributed by atoms with E-state index in [-0.39, 0.29) is 34.3 Å². The number of rotatable bonds is 6. The number of allylic oxidation sites excluding steroid dienone is 1. The molecule has 0 bridgehead atoms. The summed E-state index contributed by atoms with van der Waals surface area (Å²) in [6.45, 7) is -0.0899. The van der Waals surface area contributed by atoms with E-state index < -0.39 is 21.6 Å². The number of carbonyl (C=O) groups is 2. The predicted octanol–water partition coefficient (Wildman–Crippen LogP) is 2.06. The summed E-state index contributed by atoms with van der Waals surface area (Å²) in [5.41, 5.74) is 0.606. The van der Waals surface area contributed by atoms with Gasteiger partial charge in [0.15, 0.2) is 5.76 Å². The maximum Gasteiger partial charge on any atom is 0.265 e. The Morgan fingerprint density at radius 3 is 2.55 bits per heavy atom. The zero-order chi connectivity index (χ0) is 23.6. The summed E-state index contributed by atoms with van der Waals surface area (Å²) in [7, 11) is -2.78. The van der Waals surface area contributed by atoms with Gasteiger partial charge in [0, 0.05) is 18.3 Å². The summed E-state index contributed by atoms with van der Waals surface area (Å²) >= 11 is 0. The molecule has 4 rings (SSSR count). The highest BCUT2D eigenvalue weighted by Gasteiger charge is 2.36. The highest BCUT2D eigenvalue weighted by molar-refractivity contribution is 7.89. The third kappa shape index (κ3) is 4.39. The largest absolute Gasteiger partial charge is 0.505 e. The van der Waals surface area contributed by atoms with Gasteiger partial charge in [-0.1, -0.05) is 35.5 Å². The Balaban J connectivity index is 1.49. The number of hydrogen-bond donors (Lipinski definition) is 2. The number of nitrogens with zero attached hydrogens (tertiary/aromatic N) is 4. The van der Waals surface area contributed by atoms with E-state index in [1.54, 1.807) is 30.3 Å². The van der Waals surface area contributed by atoms with Gasteiger partial charge in [0.2, 0.25) is 11.7 Å². The van der Waals surface area contributed by atoms with Gasteiger partial charge in [-0.25, -0.2) is 13.1 Å². The number of para-hydroxylation sites is 1. The maximum absolute atomic E-state index is 12.7. The molecule has 1 aliphatic heterocycles. The number of ketones is 1. The molecule has 0 saturated carbocycles. The fourth-order valence-corrected chi connectivity index (χ4v) is 4.68. The lowest BCUT2D eigenvalue weighted by Crippen LogP contribution is -2.34. The number of sulfonamides is 1. The number of aromatic nitrogens is 3. The number of nitrogens with one attached hydrogen (secondary N) is 1. The molecule has 168 valence electrons. The van der Waals surface area contributed by atoms with Crippen molar-refractivity contribution in [3.8, 4) is 0 Å². The molecule has 10 nitrogen and oxygen atoms in total. The lowest BCUT2D eigenvalue weighted by molar-refractivity contribution is -0.117. The molecular formula is C22H19N5O5S. The Kier molecular flexibility index (Phi) is 5.80. The van der Waals surface area contributed by atoms with Crippen molar-refractivity contribution in [2.75, 3.05) is 12.4 Å². The average Bonchev–Trinajstić information content (AvgIpc) is 3.24. The van der Waals surface area contributed by atoms with Gasteiger partial charge in [0.05, 0.1) is 11.1 Å². The second-order valence-corrected chi connectivity index (χ2v) is 9.06. The Hall–Kier alpha value is -4.25. The first-order valence-corrected chi connectivity index (χ1v) is 11.2. The molecule has 1 aromatic heterocycles. The van der Waals surface area contributed by atoms with Gasteiger partial charge < -0.3 is 10.4 Å². The topological polar surface area (TPSA) is 134 Å². The number of anilines is 1. The van der Waals surface area contributed by atoms with E-state index in [0.29, 0.717) is 5.69 Å². The number of carbonyl (C=O) groups excluding carboxylic acids is 2. The van der Waals surface area contributed by atoms with Gasteiger partial charge in [-0.05, 0) is 36.4 Å². The van der Waals surface area contributed by atoms with Crippen molar-refractivity contribution in [2.24, 2.45) is 0 Å². The number of fused-ring (bicyclic) bond motifs is 1. The van der Waals surface area contributed by atoms with Crippen LogP contribution in [0.25, 0.3) is 11.8 Å². The van der Waals surface area contributed by atoms with Gasteiger partial charge in [-0.2, -0.15) is 0 Å². The van der Waals surface area contributed by atoms with E-state index in [1.165, 1.54) is 42.2 Å². The molecular weight excluding hydrogens is 446 g/mol. The van der Waals surface area contributed by atoms with E-state index in [4.69, 9.17) is 0 Å². The van der Waals surface area contributed by atoms with Gasteiger partial charge in [-0.3, -0.25) is 13.9 Å². The average molecular weight is 465 g/mol. The Bertz CT molecular complexity index is 1390. The van der Waals surface area contributed by atoms with Crippen molar-refractivity contribution in [1.29, 1.82) is 0 Å². The van der Waals surface area contributed by atoms with Crippen LogP contribution in [0.4, 0.5) is 5.69 Å². The van der Waals surface area contributed by atoms with E-state index in [1.807, 2.05) is 6.07 Å². The number of hydrogen-bond acceptors (Lipinski definition) is 7. The predicted molar refractivity (Wildman–Crippen MR) is 120 cm³/mol. The molecule has 1 amide bonds. The Morgan fingerprint density at radius 2 is 1.79 bits per heavy atom. The molecule has 0 radical (unpaired) electrons. The van der Waals surface area contributed by atoms with Crippen molar-refractivity contribution in [3.05, 3.63) is 83.8 Å². The first kappa shape index (κ1) is 22.0. The molecule has 0 atom stereocenters. The number of likely N-dealkylation sites (N-methyl/N-ethyl adjacent to an activating group) is 1. The van der Waals surface area contributed by atoms with Gasteiger partial charge in [0.25, 0.3) is 10.0 Å². The Labute approximate surface area is 189 Å². The van der Waals surface area contributed by atoms with Crippen LogP contribution in [0.3, 0.4) is 0 Å². The second-order valence-electron chi connectivity index (χ2n) is 7.12. The quantitative estimate of drug-likeness (QED) is 0.532. The third-order valence-electron chi connectivity index (χ3n) is 4.88. The zero-order valence-corrected chi connectivity index (χ0v) is 18.2. The lowest BCUT2D eigenvalue weighted by atomic mass is 10.1.